The average molecular weight is 285 g/mol. The maximum atomic E-state index is 11.2. The van der Waals surface area contributed by atoms with E-state index < -0.39 is 0 Å². The highest BCUT2D eigenvalue weighted by Gasteiger charge is 2.07. The van der Waals surface area contributed by atoms with Crippen molar-refractivity contribution in [1.82, 2.24) is 0 Å². The van der Waals surface area contributed by atoms with Crippen molar-refractivity contribution in [2.24, 2.45) is 0 Å². The molecule has 1 rings (SSSR count). The number of carbonyl (C=O) groups is 1. The molecular formula is C12H13BrO3. The Kier molecular flexibility index (Phi) is 5.64. The third-order valence-corrected chi connectivity index (χ3v) is 2.51. The fourth-order valence-corrected chi connectivity index (χ4v) is 1.44. The van der Waals surface area contributed by atoms with Crippen molar-refractivity contribution in [2.75, 3.05) is 12.4 Å². The first-order chi connectivity index (χ1) is 7.77. The molecule has 0 saturated heterocycles. The van der Waals surface area contributed by atoms with E-state index in [0.717, 1.165) is 5.56 Å². The minimum absolute atomic E-state index is 0.384. The minimum atomic E-state index is -0.384. The van der Waals surface area contributed by atoms with Crippen LogP contribution in [0, 0.1) is 0 Å². The second-order valence-electron chi connectivity index (χ2n) is 3.06. The molecule has 0 fully saturated rings. The maximum absolute atomic E-state index is 11.2. The van der Waals surface area contributed by atoms with Crippen LogP contribution < -0.4 is 0 Å². The van der Waals surface area contributed by atoms with Crippen molar-refractivity contribution >= 4 is 21.9 Å². The van der Waals surface area contributed by atoms with Crippen molar-refractivity contribution in [3.05, 3.63) is 47.7 Å². The first-order valence-electron chi connectivity index (χ1n) is 4.76. The lowest BCUT2D eigenvalue weighted by atomic mass is 10.2. The molecule has 16 heavy (non-hydrogen) atoms. The van der Waals surface area contributed by atoms with Gasteiger partial charge in [-0.3, -0.25) is 0 Å². The molecule has 0 spiro atoms. The summed E-state index contributed by atoms with van der Waals surface area (Å²) in [6, 6.07) is 9.74. The summed E-state index contributed by atoms with van der Waals surface area (Å²) in [5.41, 5.74) is 1.51. The number of methoxy groups -OCH3 is 1. The van der Waals surface area contributed by atoms with Crippen LogP contribution in [0.2, 0.25) is 0 Å². The molecule has 0 heterocycles. The molecule has 4 heteroatoms. The SMILES string of the molecule is COC(=O)C(=COCc1ccccc1)CBr. The number of rotatable bonds is 5. The fraction of sp³-hybridized carbons (Fsp3) is 0.250. The number of hydrogen-bond acceptors (Lipinski definition) is 3. The van der Waals surface area contributed by atoms with Gasteiger partial charge >= 0.3 is 5.97 Å². The van der Waals surface area contributed by atoms with Gasteiger partial charge in [-0.05, 0) is 5.56 Å². The number of benzene rings is 1. The molecule has 1 aromatic carbocycles. The van der Waals surface area contributed by atoms with Crippen LogP contribution in [0.5, 0.6) is 0 Å². The van der Waals surface area contributed by atoms with Crippen LogP contribution >= 0.6 is 15.9 Å². The molecule has 3 nitrogen and oxygen atoms in total. The maximum Gasteiger partial charge on any atom is 0.337 e. The minimum Gasteiger partial charge on any atom is -0.496 e. The second kappa shape index (κ2) is 7.06. The van der Waals surface area contributed by atoms with Crippen LogP contribution in [-0.4, -0.2) is 18.4 Å². The van der Waals surface area contributed by atoms with Gasteiger partial charge < -0.3 is 9.47 Å². The van der Waals surface area contributed by atoms with Crippen LogP contribution in [0.1, 0.15) is 5.56 Å². The summed E-state index contributed by atoms with van der Waals surface area (Å²) in [4.78, 5) is 11.2. The summed E-state index contributed by atoms with van der Waals surface area (Å²) in [5.74, 6) is -0.384. The smallest absolute Gasteiger partial charge is 0.337 e. The zero-order valence-corrected chi connectivity index (χ0v) is 10.6. The van der Waals surface area contributed by atoms with Gasteiger partial charge in [0.25, 0.3) is 0 Å². The van der Waals surface area contributed by atoms with E-state index in [4.69, 9.17) is 4.74 Å². The van der Waals surface area contributed by atoms with E-state index in [9.17, 15) is 4.79 Å². The highest BCUT2D eigenvalue weighted by Crippen LogP contribution is 2.05. The van der Waals surface area contributed by atoms with Crippen molar-refractivity contribution < 1.29 is 14.3 Å². The van der Waals surface area contributed by atoms with Crippen LogP contribution in [0.15, 0.2) is 42.2 Å². The molecule has 1 aromatic rings. The number of carbonyl (C=O) groups excluding carboxylic acids is 1. The summed E-state index contributed by atoms with van der Waals surface area (Å²) < 4.78 is 9.89. The number of hydrogen-bond donors (Lipinski definition) is 0. The first-order valence-corrected chi connectivity index (χ1v) is 5.89. The van der Waals surface area contributed by atoms with Crippen molar-refractivity contribution in [1.29, 1.82) is 0 Å². The van der Waals surface area contributed by atoms with Gasteiger partial charge in [0.15, 0.2) is 0 Å². The number of esters is 1. The molecule has 0 atom stereocenters. The van der Waals surface area contributed by atoms with Gasteiger partial charge in [-0.1, -0.05) is 46.3 Å². The third-order valence-electron chi connectivity index (χ3n) is 1.91. The van der Waals surface area contributed by atoms with E-state index in [1.54, 1.807) is 0 Å². The molecule has 0 aliphatic heterocycles. The monoisotopic (exact) mass is 284 g/mol. The Morgan fingerprint density at radius 1 is 1.38 bits per heavy atom. The van der Waals surface area contributed by atoms with Gasteiger partial charge in [0.2, 0.25) is 0 Å². The molecule has 86 valence electrons. The molecule has 0 aliphatic carbocycles. The van der Waals surface area contributed by atoms with Gasteiger partial charge in [-0.15, -0.1) is 0 Å². The van der Waals surface area contributed by atoms with Gasteiger partial charge in [-0.2, -0.15) is 0 Å². The summed E-state index contributed by atoms with van der Waals surface area (Å²) in [6.07, 6.45) is 1.42. The molecule has 0 aromatic heterocycles. The van der Waals surface area contributed by atoms with E-state index >= 15 is 0 Å². The summed E-state index contributed by atoms with van der Waals surface area (Å²) in [5, 5.41) is 0.411. The van der Waals surface area contributed by atoms with Crippen molar-refractivity contribution in [3.8, 4) is 0 Å². The van der Waals surface area contributed by atoms with E-state index in [1.807, 2.05) is 30.3 Å². The van der Waals surface area contributed by atoms with E-state index in [-0.39, 0.29) is 5.97 Å². The Bertz CT molecular complexity index is 360. The summed E-state index contributed by atoms with van der Waals surface area (Å²) in [7, 11) is 1.34. The predicted octanol–water partition coefficient (Wildman–Crippen LogP) is 2.66. The molecule has 0 bridgehead atoms. The number of ether oxygens (including phenoxy) is 2. The molecule has 0 aliphatic rings. The van der Waals surface area contributed by atoms with Gasteiger partial charge in [0.05, 0.1) is 18.9 Å². The van der Waals surface area contributed by atoms with Crippen LogP contribution in [-0.2, 0) is 20.9 Å². The first kappa shape index (κ1) is 12.8. The van der Waals surface area contributed by atoms with E-state index in [0.29, 0.717) is 17.5 Å². The topological polar surface area (TPSA) is 35.5 Å². The highest BCUT2D eigenvalue weighted by molar-refractivity contribution is 9.09. The molecule has 0 saturated carbocycles. The Balaban J connectivity index is 2.49. The molecule has 0 unspecified atom stereocenters. The highest BCUT2D eigenvalue weighted by atomic mass is 79.9. The van der Waals surface area contributed by atoms with Gasteiger partial charge in [0, 0.05) is 5.33 Å². The largest absolute Gasteiger partial charge is 0.496 e. The number of alkyl halides is 1. The second-order valence-corrected chi connectivity index (χ2v) is 3.63. The molecule has 0 radical (unpaired) electrons. The van der Waals surface area contributed by atoms with Gasteiger partial charge in [0.1, 0.15) is 6.61 Å². The van der Waals surface area contributed by atoms with E-state index in [2.05, 4.69) is 20.7 Å². The Morgan fingerprint density at radius 2 is 2.06 bits per heavy atom. The molecule has 0 N–H and O–H groups in total. The van der Waals surface area contributed by atoms with Crippen LogP contribution in [0.25, 0.3) is 0 Å². The van der Waals surface area contributed by atoms with Crippen LogP contribution in [0.3, 0.4) is 0 Å². The zero-order chi connectivity index (χ0) is 11.8. The normalized spacial score (nSPS) is 11.0. The summed E-state index contributed by atoms with van der Waals surface area (Å²) in [6.45, 7) is 0.439. The average Bonchev–Trinajstić information content (AvgIpc) is 2.35. The predicted molar refractivity (Wildman–Crippen MR) is 65.1 cm³/mol. The van der Waals surface area contributed by atoms with Crippen molar-refractivity contribution in [3.63, 3.8) is 0 Å². The molecule has 0 amide bonds. The summed E-state index contributed by atoms with van der Waals surface area (Å²) >= 11 is 3.19. The Hall–Kier alpha value is -1.29. The van der Waals surface area contributed by atoms with E-state index in [1.165, 1.54) is 13.4 Å². The van der Waals surface area contributed by atoms with Crippen molar-refractivity contribution in [2.45, 2.75) is 6.61 Å². The third kappa shape index (κ3) is 4.06. The molecular weight excluding hydrogens is 272 g/mol. The standard InChI is InChI=1S/C12H13BrO3/c1-15-12(14)11(7-13)9-16-8-10-5-3-2-4-6-10/h2-6,9H,7-8H2,1H3. The van der Waals surface area contributed by atoms with Gasteiger partial charge in [-0.25, -0.2) is 4.79 Å². The lowest BCUT2D eigenvalue weighted by Gasteiger charge is -2.04. The Labute approximate surface area is 103 Å². The quantitative estimate of drug-likeness (QED) is 0.361. The fourth-order valence-electron chi connectivity index (χ4n) is 1.08. The lowest BCUT2D eigenvalue weighted by Crippen LogP contribution is -2.06. The number of halogens is 1. The van der Waals surface area contributed by atoms with Crippen LogP contribution in [0.4, 0.5) is 0 Å². The lowest BCUT2D eigenvalue weighted by molar-refractivity contribution is -0.136. The Morgan fingerprint density at radius 3 is 2.62 bits per heavy atom. The zero-order valence-electron chi connectivity index (χ0n) is 8.98.